The van der Waals surface area contributed by atoms with Crippen molar-refractivity contribution in [3.8, 4) is 11.4 Å². The van der Waals surface area contributed by atoms with Crippen LogP contribution < -0.4 is 0 Å². The summed E-state index contributed by atoms with van der Waals surface area (Å²) in [4.78, 5) is 37.8. The van der Waals surface area contributed by atoms with Gasteiger partial charge in [0.2, 0.25) is 0 Å². The van der Waals surface area contributed by atoms with Crippen molar-refractivity contribution in [1.82, 2.24) is 15.0 Å². The smallest absolute Gasteiger partial charge is 0.173 e. The second-order valence-electron chi connectivity index (χ2n) is 6.26. The van der Waals surface area contributed by atoms with Gasteiger partial charge in [0, 0.05) is 23.5 Å². The van der Waals surface area contributed by atoms with Gasteiger partial charge in [0.05, 0.1) is 22.9 Å². The van der Waals surface area contributed by atoms with E-state index < -0.39 is 11.8 Å². The van der Waals surface area contributed by atoms with E-state index in [0.29, 0.717) is 22.5 Å². The monoisotopic (exact) mass is 327 g/mol. The van der Waals surface area contributed by atoms with E-state index in [-0.39, 0.29) is 11.6 Å². The summed E-state index contributed by atoms with van der Waals surface area (Å²) in [7, 11) is 0. The fourth-order valence-corrected chi connectivity index (χ4v) is 3.63. The first-order valence-electron chi connectivity index (χ1n) is 8.10. The van der Waals surface area contributed by atoms with Crippen LogP contribution >= 0.6 is 0 Å². The molecular formula is C20H13N3O2. The van der Waals surface area contributed by atoms with Crippen LogP contribution in [0.4, 0.5) is 0 Å². The average molecular weight is 327 g/mol. The molecule has 0 aliphatic heterocycles. The molecule has 2 heterocycles. The van der Waals surface area contributed by atoms with E-state index in [2.05, 4.69) is 15.0 Å². The summed E-state index contributed by atoms with van der Waals surface area (Å²) in [6, 6.07) is 7.25. The number of rotatable bonds is 1. The molecule has 0 radical (unpaired) electrons. The van der Waals surface area contributed by atoms with Crippen LogP contribution in [0, 0.1) is 11.8 Å². The number of H-pyrrole nitrogens is 1. The molecule has 0 fully saturated rings. The number of carbonyl (C=O) groups is 2. The molecule has 2 aliphatic carbocycles. The number of benzene rings is 1. The molecule has 5 nitrogen and oxygen atoms in total. The van der Waals surface area contributed by atoms with Crippen molar-refractivity contribution in [3.05, 3.63) is 72.1 Å². The highest BCUT2D eigenvalue weighted by atomic mass is 16.1. The normalized spacial score (nSPS) is 21.4. The standard InChI is InChI=1S/C20H13N3O2/c24-18-12-3-1-2-4-13(12)19(25)16-14(18)5-6-15-17(16)23-20(22-15)11-7-9-21-10-8-11/h1-10,12-13H,(H,22,23)/t12-,13-/m1/s1. The summed E-state index contributed by atoms with van der Waals surface area (Å²) < 4.78 is 0. The lowest BCUT2D eigenvalue weighted by atomic mass is 9.72. The molecule has 2 aromatic heterocycles. The second kappa shape index (κ2) is 5.08. The number of hydrogen-bond donors (Lipinski definition) is 1. The number of carbonyl (C=O) groups excluding carboxylic acids is 2. The zero-order valence-electron chi connectivity index (χ0n) is 13.1. The van der Waals surface area contributed by atoms with Crippen LogP contribution in [0.25, 0.3) is 22.4 Å². The lowest BCUT2D eigenvalue weighted by Crippen LogP contribution is -2.35. The highest BCUT2D eigenvalue weighted by Gasteiger charge is 2.40. The van der Waals surface area contributed by atoms with Crippen LogP contribution in [-0.2, 0) is 0 Å². The van der Waals surface area contributed by atoms with Gasteiger partial charge in [0.15, 0.2) is 11.6 Å². The van der Waals surface area contributed by atoms with Gasteiger partial charge in [0.25, 0.3) is 0 Å². The molecule has 25 heavy (non-hydrogen) atoms. The summed E-state index contributed by atoms with van der Waals surface area (Å²) in [5.74, 6) is -0.237. The molecule has 5 rings (SSSR count). The Morgan fingerprint density at radius 2 is 1.60 bits per heavy atom. The number of imidazole rings is 1. The summed E-state index contributed by atoms with van der Waals surface area (Å²) in [6.07, 6.45) is 10.7. The van der Waals surface area contributed by atoms with Crippen LogP contribution in [-0.4, -0.2) is 26.5 Å². The Hall–Kier alpha value is -3.34. The number of hydrogen-bond acceptors (Lipinski definition) is 4. The molecular weight excluding hydrogens is 314 g/mol. The molecule has 0 bridgehead atoms. The molecule has 0 amide bonds. The molecule has 0 saturated heterocycles. The predicted molar refractivity (Wildman–Crippen MR) is 93.2 cm³/mol. The van der Waals surface area contributed by atoms with E-state index in [9.17, 15) is 9.59 Å². The number of aromatic amines is 1. The minimum absolute atomic E-state index is 0.0180. The summed E-state index contributed by atoms with van der Waals surface area (Å²) in [6.45, 7) is 0. The number of fused-ring (bicyclic) bond motifs is 4. The predicted octanol–water partition coefficient (Wildman–Crippen LogP) is 3.36. The van der Waals surface area contributed by atoms with Gasteiger partial charge in [-0.05, 0) is 24.3 Å². The molecule has 1 aromatic carbocycles. The van der Waals surface area contributed by atoms with Crippen LogP contribution in [0.2, 0.25) is 0 Å². The van der Waals surface area contributed by atoms with Gasteiger partial charge in [-0.15, -0.1) is 0 Å². The van der Waals surface area contributed by atoms with Gasteiger partial charge in [-0.2, -0.15) is 0 Å². The van der Waals surface area contributed by atoms with E-state index in [1.54, 1.807) is 18.5 Å². The zero-order chi connectivity index (χ0) is 17.0. The van der Waals surface area contributed by atoms with Gasteiger partial charge in [-0.1, -0.05) is 24.3 Å². The first kappa shape index (κ1) is 14.0. The number of Topliss-reactive ketones (excluding diaryl/α,β-unsaturated/α-hetero) is 2. The number of nitrogens with zero attached hydrogens (tertiary/aromatic N) is 2. The molecule has 0 unspecified atom stereocenters. The third-order valence-electron chi connectivity index (χ3n) is 4.86. The van der Waals surface area contributed by atoms with Crippen LogP contribution in [0.1, 0.15) is 20.7 Å². The highest BCUT2D eigenvalue weighted by molar-refractivity contribution is 6.22. The number of aromatic nitrogens is 3. The van der Waals surface area contributed by atoms with Crippen molar-refractivity contribution in [3.63, 3.8) is 0 Å². The van der Waals surface area contributed by atoms with Crippen molar-refractivity contribution in [2.45, 2.75) is 0 Å². The Morgan fingerprint density at radius 1 is 0.880 bits per heavy atom. The topological polar surface area (TPSA) is 75.7 Å². The van der Waals surface area contributed by atoms with E-state index in [1.807, 2.05) is 42.5 Å². The molecule has 2 atom stereocenters. The molecule has 2 aliphatic rings. The van der Waals surface area contributed by atoms with Crippen molar-refractivity contribution in [2.75, 3.05) is 0 Å². The highest BCUT2D eigenvalue weighted by Crippen LogP contribution is 2.37. The first-order valence-corrected chi connectivity index (χ1v) is 8.10. The Balaban J connectivity index is 1.75. The fraction of sp³-hybridized carbons (Fsp3) is 0.100. The molecule has 0 spiro atoms. The van der Waals surface area contributed by atoms with E-state index in [0.717, 1.165) is 11.1 Å². The molecule has 0 saturated carbocycles. The third kappa shape index (κ3) is 1.96. The SMILES string of the molecule is O=C1c2ccc3[nH]c(-c4ccncc4)nc3c2C(=O)[C@@H]2C=CC=C[C@@H]12. The summed E-state index contributed by atoms with van der Waals surface area (Å²) in [5, 5.41) is 0. The van der Waals surface area contributed by atoms with Crippen LogP contribution in [0.15, 0.2) is 61.0 Å². The lowest BCUT2D eigenvalue weighted by Gasteiger charge is -2.28. The molecule has 5 heteroatoms. The Labute approximate surface area is 143 Å². The van der Waals surface area contributed by atoms with E-state index in [4.69, 9.17) is 0 Å². The van der Waals surface area contributed by atoms with Crippen molar-refractivity contribution >= 4 is 22.6 Å². The maximum atomic E-state index is 13.1. The number of ketones is 2. The summed E-state index contributed by atoms with van der Waals surface area (Å²) >= 11 is 0. The average Bonchev–Trinajstić information content (AvgIpc) is 3.10. The van der Waals surface area contributed by atoms with Gasteiger partial charge >= 0.3 is 0 Å². The molecule has 3 aromatic rings. The lowest BCUT2D eigenvalue weighted by molar-refractivity contribution is 0.0803. The summed E-state index contributed by atoms with van der Waals surface area (Å²) in [5.41, 5.74) is 3.09. The maximum Gasteiger partial charge on any atom is 0.173 e. The van der Waals surface area contributed by atoms with Crippen molar-refractivity contribution < 1.29 is 9.59 Å². The largest absolute Gasteiger partial charge is 0.338 e. The van der Waals surface area contributed by atoms with Crippen LogP contribution in [0.5, 0.6) is 0 Å². The van der Waals surface area contributed by atoms with Gasteiger partial charge in [-0.25, -0.2) is 4.98 Å². The Morgan fingerprint density at radius 3 is 2.36 bits per heavy atom. The first-order chi connectivity index (χ1) is 12.2. The van der Waals surface area contributed by atoms with E-state index >= 15 is 0 Å². The van der Waals surface area contributed by atoms with Gasteiger partial charge in [0.1, 0.15) is 11.3 Å². The zero-order valence-corrected chi connectivity index (χ0v) is 13.1. The minimum Gasteiger partial charge on any atom is -0.338 e. The second-order valence-corrected chi connectivity index (χ2v) is 6.26. The van der Waals surface area contributed by atoms with E-state index in [1.165, 1.54) is 0 Å². The number of pyridine rings is 1. The third-order valence-corrected chi connectivity index (χ3v) is 4.86. The maximum absolute atomic E-state index is 13.1. The van der Waals surface area contributed by atoms with Gasteiger partial charge in [-0.3, -0.25) is 14.6 Å². The van der Waals surface area contributed by atoms with Crippen molar-refractivity contribution in [2.24, 2.45) is 11.8 Å². The molecule has 120 valence electrons. The number of nitrogens with one attached hydrogen (secondary N) is 1. The Kier molecular flexibility index (Phi) is 2.85. The quantitative estimate of drug-likeness (QED) is 0.743. The Bertz CT molecular complexity index is 1090. The molecule has 1 N–H and O–H groups in total. The van der Waals surface area contributed by atoms with Crippen LogP contribution in [0.3, 0.4) is 0 Å². The minimum atomic E-state index is -0.434. The number of allylic oxidation sites excluding steroid dienone is 4. The van der Waals surface area contributed by atoms with Crippen molar-refractivity contribution in [1.29, 1.82) is 0 Å². The van der Waals surface area contributed by atoms with Gasteiger partial charge < -0.3 is 4.98 Å². The fourth-order valence-electron chi connectivity index (χ4n) is 3.63.